The van der Waals surface area contributed by atoms with Crippen molar-refractivity contribution in [2.75, 3.05) is 18.7 Å². The zero-order valence-corrected chi connectivity index (χ0v) is 12.4. The average Bonchev–Trinajstić information content (AvgIpc) is 3.01. The van der Waals surface area contributed by atoms with Crippen LogP contribution in [-0.4, -0.2) is 30.8 Å². The van der Waals surface area contributed by atoms with Gasteiger partial charge in [0.15, 0.2) is 11.5 Å². The van der Waals surface area contributed by atoms with Crippen LogP contribution in [0.3, 0.4) is 0 Å². The van der Waals surface area contributed by atoms with Gasteiger partial charge in [-0.1, -0.05) is 0 Å². The molecule has 1 heterocycles. The maximum Gasteiger partial charge on any atom is 0.306 e. The summed E-state index contributed by atoms with van der Waals surface area (Å²) >= 11 is 0. The molecule has 1 aromatic carbocycles. The lowest BCUT2D eigenvalue weighted by Gasteiger charge is -2.29. The quantitative estimate of drug-likeness (QED) is 0.927. The van der Waals surface area contributed by atoms with Crippen LogP contribution in [0.2, 0.25) is 0 Å². The normalized spacial score (nSPS) is 23.1. The minimum Gasteiger partial charge on any atom is -0.481 e. The second-order valence-corrected chi connectivity index (χ2v) is 5.82. The van der Waals surface area contributed by atoms with Crippen LogP contribution in [0.4, 0.5) is 5.69 Å². The first-order valence-electron chi connectivity index (χ1n) is 7.46. The number of carboxylic acid groups (broad SMARTS) is 1. The largest absolute Gasteiger partial charge is 0.481 e. The number of hydrogen-bond donors (Lipinski definition) is 1. The lowest BCUT2D eigenvalue weighted by atomic mass is 9.81. The van der Waals surface area contributed by atoms with Gasteiger partial charge in [0.25, 0.3) is 0 Å². The highest BCUT2D eigenvalue weighted by atomic mass is 16.7. The van der Waals surface area contributed by atoms with Crippen molar-refractivity contribution in [1.82, 2.24) is 0 Å². The van der Waals surface area contributed by atoms with Gasteiger partial charge in [0.1, 0.15) is 0 Å². The van der Waals surface area contributed by atoms with Crippen molar-refractivity contribution in [1.29, 1.82) is 0 Å². The molecule has 1 aliphatic heterocycles. The second kappa shape index (κ2) is 5.87. The molecule has 0 bridgehead atoms. The number of ether oxygens (including phenoxy) is 2. The summed E-state index contributed by atoms with van der Waals surface area (Å²) in [7, 11) is 1.74. The molecule has 0 radical (unpaired) electrons. The predicted octanol–water partition coefficient (Wildman–Crippen LogP) is 2.27. The summed E-state index contributed by atoms with van der Waals surface area (Å²) in [6, 6.07) is 5.42. The molecule has 0 unspecified atom stereocenters. The zero-order chi connectivity index (χ0) is 15.7. The Hall–Kier alpha value is -2.24. The summed E-state index contributed by atoms with van der Waals surface area (Å²) in [5.41, 5.74) is 0.759. The van der Waals surface area contributed by atoms with Crippen LogP contribution in [-0.2, 0) is 9.59 Å². The fourth-order valence-electron chi connectivity index (χ4n) is 3.08. The number of aliphatic carboxylic acids is 1. The molecule has 3 rings (SSSR count). The average molecular weight is 305 g/mol. The van der Waals surface area contributed by atoms with E-state index in [2.05, 4.69) is 0 Å². The van der Waals surface area contributed by atoms with Gasteiger partial charge >= 0.3 is 5.97 Å². The molecule has 1 aromatic rings. The maximum absolute atomic E-state index is 12.6. The number of anilines is 1. The summed E-state index contributed by atoms with van der Waals surface area (Å²) in [4.78, 5) is 25.2. The number of rotatable bonds is 3. The SMILES string of the molecule is CN(C(=O)C1CCC(C(=O)O)CC1)c1ccc2c(c1)OCO2. The van der Waals surface area contributed by atoms with Crippen molar-refractivity contribution in [2.45, 2.75) is 25.7 Å². The van der Waals surface area contributed by atoms with E-state index in [1.807, 2.05) is 6.07 Å². The fraction of sp³-hybridized carbons (Fsp3) is 0.500. The van der Waals surface area contributed by atoms with E-state index in [1.54, 1.807) is 24.1 Å². The standard InChI is InChI=1S/C16H19NO5/c1-17(12-6-7-13-14(8-12)22-9-21-13)15(18)10-2-4-11(5-3-10)16(19)20/h6-8,10-11H,2-5,9H2,1H3,(H,19,20). The van der Waals surface area contributed by atoms with Gasteiger partial charge in [-0.25, -0.2) is 0 Å². The van der Waals surface area contributed by atoms with Crippen molar-refractivity contribution < 1.29 is 24.2 Å². The molecular weight excluding hydrogens is 286 g/mol. The van der Waals surface area contributed by atoms with E-state index in [0.29, 0.717) is 37.2 Å². The Bertz CT molecular complexity index is 592. The van der Waals surface area contributed by atoms with Crippen LogP contribution in [0, 0.1) is 11.8 Å². The van der Waals surface area contributed by atoms with Crippen molar-refractivity contribution in [2.24, 2.45) is 11.8 Å². The number of carboxylic acids is 1. The molecule has 22 heavy (non-hydrogen) atoms. The first kappa shape index (κ1) is 14.7. The van der Waals surface area contributed by atoms with Gasteiger partial charge in [0.05, 0.1) is 5.92 Å². The van der Waals surface area contributed by atoms with Crippen LogP contribution in [0.15, 0.2) is 18.2 Å². The Labute approximate surface area is 128 Å². The highest BCUT2D eigenvalue weighted by Crippen LogP contribution is 2.36. The van der Waals surface area contributed by atoms with Crippen LogP contribution in [0.5, 0.6) is 11.5 Å². The van der Waals surface area contributed by atoms with Gasteiger partial charge in [0.2, 0.25) is 12.7 Å². The fourth-order valence-corrected chi connectivity index (χ4v) is 3.08. The number of amides is 1. The molecule has 2 aliphatic rings. The van der Waals surface area contributed by atoms with Gasteiger partial charge in [-0.15, -0.1) is 0 Å². The Morgan fingerprint density at radius 3 is 2.41 bits per heavy atom. The third-order valence-electron chi connectivity index (χ3n) is 4.50. The minimum atomic E-state index is -0.755. The number of benzene rings is 1. The molecule has 6 heteroatoms. The van der Waals surface area contributed by atoms with E-state index in [0.717, 1.165) is 5.69 Å². The molecule has 1 aliphatic carbocycles. The molecule has 6 nitrogen and oxygen atoms in total. The third-order valence-corrected chi connectivity index (χ3v) is 4.50. The van der Waals surface area contributed by atoms with Crippen molar-refractivity contribution in [3.63, 3.8) is 0 Å². The second-order valence-electron chi connectivity index (χ2n) is 5.82. The maximum atomic E-state index is 12.6. The molecule has 0 atom stereocenters. The van der Waals surface area contributed by atoms with Crippen LogP contribution in [0.1, 0.15) is 25.7 Å². The molecule has 0 spiro atoms. The summed E-state index contributed by atoms with van der Waals surface area (Å²) in [5.74, 6) is 0.196. The zero-order valence-electron chi connectivity index (χ0n) is 12.4. The van der Waals surface area contributed by atoms with Gasteiger partial charge in [-0.3, -0.25) is 9.59 Å². The Kier molecular flexibility index (Phi) is 3.92. The highest BCUT2D eigenvalue weighted by Gasteiger charge is 2.31. The summed E-state index contributed by atoms with van der Waals surface area (Å²) in [6.07, 6.45) is 2.40. The molecule has 1 saturated carbocycles. The molecule has 1 amide bonds. The number of carbonyl (C=O) groups is 2. The van der Waals surface area contributed by atoms with E-state index in [-0.39, 0.29) is 24.5 Å². The molecule has 0 aromatic heterocycles. The van der Waals surface area contributed by atoms with Crippen molar-refractivity contribution >= 4 is 17.6 Å². The Morgan fingerprint density at radius 1 is 1.09 bits per heavy atom. The molecule has 1 N–H and O–H groups in total. The minimum absolute atomic E-state index is 0.0303. The Balaban J connectivity index is 1.66. The highest BCUT2D eigenvalue weighted by molar-refractivity contribution is 5.95. The van der Waals surface area contributed by atoms with E-state index in [1.165, 1.54) is 0 Å². The van der Waals surface area contributed by atoms with Crippen LogP contribution >= 0.6 is 0 Å². The van der Waals surface area contributed by atoms with E-state index < -0.39 is 5.97 Å². The number of hydrogen-bond acceptors (Lipinski definition) is 4. The van der Waals surface area contributed by atoms with Crippen LogP contribution < -0.4 is 14.4 Å². The lowest BCUT2D eigenvalue weighted by molar-refractivity contribution is -0.143. The van der Waals surface area contributed by atoms with Gasteiger partial charge in [0, 0.05) is 24.7 Å². The first-order chi connectivity index (χ1) is 10.6. The third kappa shape index (κ3) is 2.73. The molecular formula is C16H19NO5. The Morgan fingerprint density at radius 2 is 1.73 bits per heavy atom. The summed E-state index contributed by atoms with van der Waals surface area (Å²) < 4.78 is 10.6. The van der Waals surface area contributed by atoms with Crippen molar-refractivity contribution in [3.8, 4) is 11.5 Å². The topological polar surface area (TPSA) is 76.1 Å². The first-order valence-corrected chi connectivity index (χ1v) is 7.46. The number of nitrogens with zero attached hydrogens (tertiary/aromatic N) is 1. The summed E-state index contributed by atoms with van der Waals surface area (Å²) in [5, 5.41) is 9.02. The van der Waals surface area contributed by atoms with Crippen LogP contribution in [0.25, 0.3) is 0 Å². The molecule has 0 saturated heterocycles. The lowest BCUT2D eigenvalue weighted by Crippen LogP contribution is -2.35. The van der Waals surface area contributed by atoms with E-state index in [9.17, 15) is 9.59 Å². The summed E-state index contributed by atoms with van der Waals surface area (Å²) in [6.45, 7) is 0.204. The smallest absolute Gasteiger partial charge is 0.306 e. The number of fused-ring (bicyclic) bond motifs is 1. The molecule has 1 fully saturated rings. The van der Waals surface area contributed by atoms with Gasteiger partial charge in [-0.05, 0) is 37.8 Å². The predicted molar refractivity (Wildman–Crippen MR) is 79.1 cm³/mol. The van der Waals surface area contributed by atoms with Gasteiger partial charge < -0.3 is 19.5 Å². The number of carbonyl (C=O) groups excluding carboxylic acids is 1. The van der Waals surface area contributed by atoms with Gasteiger partial charge in [-0.2, -0.15) is 0 Å². The van der Waals surface area contributed by atoms with E-state index in [4.69, 9.17) is 14.6 Å². The monoisotopic (exact) mass is 305 g/mol. The van der Waals surface area contributed by atoms with E-state index >= 15 is 0 Å². The van der Waals surface area contributed by atoms with Crippen molar-refractivity contribution in [3.05, 3.63) is 18.2 Å². The molecule has 118 valence electrons.